The SMILES string of the molecule is Nc1ccc(C(=O)Nc2ccc3c(O)c(N=Nc4ccc(N=Nc5ccc(N=Nc6cc7c(S(=O)(=O)O)cc(S(=O)(=O)O)cc7cc6S(=O)(=O)O)c6ccc(S(=O)(=O)O)cc56)c5ccc(S(=O)(=O)O)cc45)c(S(=O)(=O)O)cc3c2)cc1. The normalized spacial score (nSPS) is 13.2. The third-order valence-corrected chi connectivity index (χ3v) is 17.0. The molecule has 0 aromatic heterocycles. The van der Waals surface area contributed by atoms with Crippen LogP contribution in [0.3, 0.4) is 0 Å². The minimum absolute atomic E-state index is 0.00514. The van der Waals surface area contributed by atoms with E-state index in [4.69, 9.17) is 5.73 Å². The van der Waals surface area contributed by atoms with Gasteiger partial charge in [-0.3, -0.25) is 32.1 Å². The number of rotatable bonds is 14. The molecule has 0 unspecified atom stereocenters. The number of carbonyl (C=O) groups excluding carboxylic acids is 1. The molecule has 81 heavy (non-hydrogen) atoms. The Morgan fingerprint density at radius 1 is 0.370 bits per heavy atom. The third-order valence-electron chi connectivity index (χ3n) is 11.8. The summed E-state index contributed by atoms with van der Waals surface area (Å²) >= 11 is 0. The fourth-order valence-corrected chi connectivity index (χ4v) is 11.8. The Bertz CT molecular complexity index is 5060. The van der Waals surface area contributed by atoms with Crippen LogP contribution in [0, 0.1) is 0 Å². The van der Waals surface area contributed by atoms with Crippen molar-refractivity contribution in [2.75, 3.05) is 11.1 Å². The molecule has 416 valence electrons. The van der Waals surface area contributed by atoms with E-state index < -0.39 is 124 Å². The highest BCUT2D eigenvalue weighted by atomic mass is 32.2. The number of phenols is 1. The number of aromatic hydroxyl groups is 1. The number of nitrogen functional groups attached to an aromatic ring is 1. The summed E-state index contributed by atoms with van der Waals surface area (Å²) in [5.74, 6) is -1.37. The first kappa shape index (κ1) is 57.0. The third kappa shape index (κ3) is 12.0. The lowest BCUT2D eigenvalue weighted by atomic mass is 10.1. The van der Waals surface area contributed by atoms with Crippen molar-refractivity contribution in [2.45, 2.75) is 29.4 Å². The summed E-state index contributed by atoms with van der Waals surface area (Å²) in [4.78, 5) is 7.25. The number of carbonyl (C=O) groups is 1. The fraction of sp³-hybridized carbons (Fsp3) is 0. The van der Waals surface area contributed by atoms with Crippen LogP contribution in [-0.4, -0.2) is 88.8 Å². The molecular formula is C47H32N8O20S6. The molecule has 0 aliphatic carbocycles. The van der Waals surface area contributed by atoms with Crippen LogP contribution in [0.5, 0.6) is 5.75 Å². The molecular weight excluding hydrogens is 1190 g/mol. The van der Waals surface area contributed by atoms with Crippen LogP contribution >= 0.6 is 0 Å². The van der Waals surface area contributed by atoms with Crippen molar-refractivity contribution in [3.63, 3.8) is 0 Å². The van der Waals surface area contributed by atoms with Crippen molar-refractivity contribution in [1.29, 1.82) is 0 Å². The van der Waals surface area contributed by atoms with Gasteiger partial charge in [-0.25, -0.2) is 0 Å². The standard InChI is InChI=1S/C47H32N8O20S6/c48-26-3-1-23(2-4-26)47(57)49-27-5-8-31-24(15-27)18-44(81(73,74)75)45(46(31)56)55-53-40-14-12-37(33-10-7-29(20-36(33)40)77(61,62)63)50-52-39-13-11-38(32-9-6-28(19-35(32)39)76(58,59)60)51-54-41-22-34-25(17-43(41)80(70,71)72)16-30(78(64,65)66)21-42(34)79(67,68)69/h1-22,56H,48H2,(H,49,57)(H,58,59,60)(H,61,62,63)(H,64,65,66)(H,67,68,69)(H,70,71,72)(H,73,74,75). The minimum Gasteiger partial charge on any atom is -0.505 e. The van der Waals surface area contributed by atoms with E-state index in [0.29, 0.717) is 30.0 Å². The lowest BCUT2D eigenvalue weighted by molar-refractivity contribution is 0.102. The summed E-state index contributed by atoms with van der Waals surface area (Å²) < 4.78 is 209. The van der Waals surface area contributed by atoms with Gasteiger partial charge in [-0.2, -0.15) is 50.5 Å². The van der Waals surface area contributed by atoms with Gasteiger partial charge in [0.25, 0.3) is 66.6 Å². The van der Waals surface area contributed by atoms with E-state index >= 15 is 0 Å². The Morgan fingerprint density at radius 3 is 1.28 bits per heavy atom. The second kappa shape index (κ2) is 20.5. The fourth-order valence-electron chi connectivity index (χ4n) is 8.11. The van der Waals surface area contributed by atoms with Gasteiger partial charge in [-0.1, -0.05) is 12.1 Å². The molecule has 9 aromatic rings. The molecule has 0 saturated heterocycles. The van der Waals surface area contributed by atoms with Gasteiger partial charge < -0.3 is 16.2 Å². The zero-order chi connectivity index (χ0) is 58.9. The molecule has 0 aliphatic heterocycles. The number of hydrogen-bond acceptors (Lipinski definition) is 21. The Labute approximate surface area is 456 Å². The molecule has 0 fully saturated rings. The van der Waals surface area contributed by atoms with Crippen LogP contribution in [0.4, 0.5) is 45.5 Å². The van der Waals surface area contributed by atoms with Gasteiger partial charge in [-0.15, -0.1) is 30.7 Å². The number of anilines is 2. The summed E-state index contributed by atoms with van der Waals surface area (Å²) in [6, 6.07) is 23.9. The maximum absolute atomic E-state index is 12.9. The van der Waals surface area contributed by atoms with E-state index in [1.165, 1.54) is 66.7 Å². The van der Waals surface area contributed by atoms with Gasteiger partial charge in [0.05, 0.1) is 37.4 Å². The number of azo groups is 3. The van der Waals surface area contributed by atoms with Crippen LogP contribution < -0.4 is 11.1 Å². The topological polar surface area (TPSA) is 476 Å². The average Bonchev–Trinajstić information content (AvgIpc) is 3.37. The Hall–Kier alpha value is -8.65. The highest BCUT2D eigenvalue weighted by molar-refractivity contribution is 7.87. The first-order valence-electron chi connectivity index (χ1n) is 22.0. The van der Waals surface area contributed by atoms with Crippen molar-refractivity contribution in [3.05, 3.63) is 139 Å². The van der Waals surface area contributed by atoms with Gasteiger partial charge in [0.2, 0.25) is 0 Å². The number of benzene rings is 9. The second-order valence-electron chi connectivity index (χ2n) is 17.1. The molecule has 1 amide bonds. The molecule has 9 rings (SSSR count). The molecule has 0 radical (unpaired) electrons. The van der Waals surface area contributed by atoms with Gasteiger partial charge in [-0.05, 0) is 132 Å². The number of amides is 1. The molecule has 0 atom stereocenters. The molecule has 0 spiro atoms. The summed E-state index contributed by atoms with van der Waals surface area (Å²) in [6.07, 6.45) is 0. The Morgan fingerprint density at radius 2 is 0.802 bits per heavy atom. The molecule has 0 saturated carbocycles. The van der Waals surface area contributed by atoms with E-state index in [1.807, 2.05) is 0 Å². The zero-order valence-corrected chi connectivity index (χ0v) is 44.7. The number of hydrogen-bond donors (Lipinski definition) is 9. The second-order valence-corrected chi connectivity index (χ2v) is 25.6. The van der Waals surface area contributed by atoms with E-state index in [0.717, 1.165) is 42.5 Å². The summed E-state index contributed by atoms with van der Waals surface area (Å²) in [5.41, 5.74) is 4.15. The molecule has 10 N–H and O–H groups in total. The highest BCUT2D eigenvalue weighted by Gasteiger charge is 2.26. The van der Waals surface area contributed by atoms with Gasteiger partial charge in [0.1, 0.15) is 26.1 Å². The van der Waals surface area contributed by atoms with Crippen molar-refractivity contribution in [2.24, 2.45) is 30.7 Å². The highest BCUT2D eigenvalue weighted by Crippen LogP contribution is 2.45. The van der Waals surface area contributed by atoms with E-state index in [1.54, 1.807) is 0 Å². The molecule has 0 heterocycles. The summed E-state index contributed by atoms with van der Waals surface area (Å²) in [7, 11) is -30.9. The van der Waals surface area contributed by atoms with Crippen LogP contribution in [0.25, 0.3) is 43.1 Å². The Kier molecular flexibility index (Phi) is 14.4. The van der Waals surface area contributed by atoms with Gasteiger partial charge in [0.15, 0.2) is 5.75 Å². The lowest BCUT2D eigenvalue weighted by Gasteiger charge is -2.11. The smallest absolute Gasteiger partial charge is 0.296 e. The van der Waals surface area contributed by atoms with E-state index in [-0.39, 0.29) is 66.3 Å². The zero-order valence-electron chi connectivity index (χ0n) is 39.8. The number of fused-ring (bicyclic) bond motifs is 4. The Balaban J connectivity index is 1.13. The van der Waals surface area contributed by atoms with Crippen LogP contribution in [0.2, 0.25) is 0 Å². The quantitative estimate of drug-likeness (QED) is 0.0278. The number of phenolic OH excluding ortho intramolecular Hbond substituents is 1. The summed E-state index contributed by atoms with van der Waals surface area (Å²) in [6.45, 7) is 0. The van der Waals surface area contributed by atoms with E-state index in [9.17, 15) is 87.7 Å². The van der Waals surface area contributed by atoms with Gasteiger partial charge >= 0.3 is 0 Å². The molecule has 0 aliphatic rings. The number of nitrogens with two attached hydrogens (primary N) is 1. The largest absolute Gasteiger partial charge is 0.505 e. The van der Waals surface area contributed by atoms with Crippen LogP contribution in [0.15, 0.2) is 194 Å². The van der Waals surface area contributed by atoms with Crippen LogP contribution in [-0.2, 0) is 60.7 Å². The van der Waals surface area contributed by atoms with E-state index in [2.05, 4.69) is 36.0 Å². The predicted molar refractivity (Wildman–Crippen MR) is 288 cm³/mol. The minimum atomic E-state index is -5.32. The van der Waals surface area contributed by atoms with Crippen molar-refractivity contribution < 1.29 is 87.7 Å². The maximum atomic E-state index is 12.9. The average molecular weight is 1220 g/mol. The molecule has 9 aromatic carbocycles. The molecule has 34 heteroatoms. The first-order chi connectivity index (χ1) is 37.6. The van der Waals surface area contributed by atoms with Crippen molar-refractivity contribution >= 4 is 155 Å². The van der Waals surface area contributed by atoms with Crippen molar-refractivity contribution in [1.82, 2.24) is 0 Å². The maximum Gasteiger partial charge on any atom is 0.296 e. The monoisotopic (exact) mass is 1220 g/mol. The van der Waals surface area contributed by atoms with Crippen molar-refractivity contribution in [3.8, 4) is 5.75 Å². The van der Waals surface area contributed by atoms with Crippen LogP contribution in [0.1, 0.15) is 10.4 Å². The lowest BCUT2D eigenvalue weighted by Crippen LogP contribution is -2.11. The first-order valence-corrected chi connectivity index (χ1v) is 30.6. The molecule has 28 nitrogen and oxygen atoms in total. The number of nitrogens with one attached hydrogen (secondary N) is 1. The predicted octanol–water partition coefficient (Wildman–Crippen LogP) is 9.57. The summed E-state index contributed by atoms with van der Waals surface area (Å²) in [5, 5.41) is 36.9. The molecule has 0 bridgehead atoms. The number of nitrogens with zero attached hydrogens (tertiary/aromatic N) is 6. The van der Waals surface area contributed by atoms with Gasteiger partial charge in [0, 0.05) is 49.3 Å².